The van der Waals surface area contributed by atoms with Crippen LogP contribution in [0, 0.1) is 5.92 Å². The predicted octanol–water partition coefficient (Wildman–Crippen LogP) is 2.60. The van der Waals surface area contributed by atoms with E-state index in [9.17, 15) is 4.79 Å². The molecule has 0 aliphatic carbocycles. The summed E-state index contributed by atoms with van der Waals surface area (Å²) >= 11 is 0. The largest absolute Gasteiger partial charge is 0.340 e. The Kier molecular flexibility index (Phi) is 5.43. The first-order valence-electron chi connectivity index (χ1n) is 10.1. The Morgan fingerprint density at radius 3 is 2.30 bits per heavy atom. The van der Waals surface area contributed by atoms with Crippen LogP contribution < -0.4 is 10.2 Å². The Morgan fingerprint density at radius 1 is 1.03 bits per heavy atom. The van der Waals surface area contributed by atoms with Crippen LogP contribution >= 0.6 is 0 Å². The van der Waals surface area contributed by atoms with Gasteiger partial charge in [0.05, 0.1) is 11.6 Å². The molecule has 0 aromatic carbocycles. The summed E-state index contributed by atoms with van der Waals surface area (Å²) in [7, 11) is 0. The van der Waals surface area contributed by atoms with Crippen LogP contribution in [0.1, 0.15) is 39.3 Å². The molecule has 1 saturated heterocycles. The quantitative estimate of drug-likeness (QED) is 0.710. The summed E-state index contributed by atoms with van der Waals surface area (Å²) in [5, 5.41) is 7.72. The van der Waals surface area contributed by atoms with Gasteiger partial charge in [-0.05, 0) is 25.0 Å². The van der Waals surface area contributed by atoms with E-state index in [2.05, 4.69) is 56.0 Å². The molecule has 0 spiro atoms. The molecule has 4 heterocycles. The molecule has 1 aliphatic heterocycles. The second-order valence-corrected chi connectivity index (χ2v) is 8.45. The van der Waals surface area contributed by atoms with Crippen molar-refractivity contribution in [1.29, 1.82) is 0 Å². The average molecular weight is 406 g/mol. The fraction of sp³-hybridized carbons (Fsp3) is 0.429. The summed E-state index contributed by atoms with van der Waals surface area (Å²) in [6.45, 7) is 7.66. The van der Waals surface area contributed by atoms with Crippen LogP contribution in [0.25, 0.3) is 5.95 Å². The second kappa shape index (κ2) is 8.17. The minimum Gasteiger partial charge on any atom is -0.340 e. The zero-order valence-corrected chi connectivity index (χ0v) is 17.5. The molecule has 9 nitrogen and oxygen atoms in total. The van der Waals surface area contributed by atoms with E-state index in [1.165, 1.54) is 0 Å². The van der Waals surface area contributed by atoms with Gasteiger partial charge in [-0.3, -0.25) is 4.79 Å². The zero-order valence-electron chi connectivity index (χ0n) is 17.5. The molecule has 156 valence electrons. The highest BCUT2D eigenvalue weighted by Gasteiger charge is 2.29. The van der Waals surface area contributed by atoms with E-state index in [1.54, 1.807) is 41.6 Å². The van der Waals surface area contributed by atoms with Gasteiger partial charge in [0.1, 0.15) is 5.82 Å². The fourth-order valence-corrected chi connectivity index (χ4v) is 3.45. The van der Waals surface area contributed by atoms with Gasteiger partial charge in [0.15, 0.2) is 0 Å². The fourth-order valence-electron chi connectivity index (χ4n) is 3.45. The molecule has 3 aromatic heterocycles. The van der Waals surface area contributed by atoms with Crippen LogP contribution in [-0.2, 0) is 10.2 Å². The summed E-state index contributed by atoms with van der Waals surface area (Å²) in [6, 6.07) is 5.44. The number of nitrogens with zero attached hydrogens (tertiary/aromatic N) is 7. The van der Waals surface area contributed by atoms with Gasteiger partial charge in [-0.2, -0.15) is 9.78 Å². The molecule has 1 aliphatic rings. The molecule has 0 radical (unpaired) electrons. The molecule has 30 heavy (non-hydrogen) atoms. The van der Waals surface area contributed by atoms with Crippen molar-refractivity contribution in [2.24, 2.45) is 5.92 Å². The first kappa shape index (κ1) is 19.9. The van der Waals surface area contributed by atoms with Crippen LogP contribution in [0.4, 0.5) is 11.8 Å². The SMILES string of the molecule is CC(C)(C)c1cc(NC(=O)C2CCCN(c3ncccn3)C2)n(-c2ncccn2)n1. The standard InChI is InChI=1S/C21H26N8O/c1-21(2,3)16-13-17(29(27-16)20-24-10-6-11-25-20)26-18(30)15-7-4-12-28(14-15)19-22-8-5-9-23-19/h5-6,8-11,13,15H,4,7,12,14H2,1-3H3,(H,26,30). The van der Waals surface area contributed by atoms with Gasteiger partial charge >= 0.3 is 0 Å². The van der Waals surface area contributed by atoms with E-state index in [4.69, 9.17) is 0 Å². The molecule has 1 unspecified atom stereocenters. The lowest BCUT2D eigenvalue weighted by molar-refractivity contribution is -0.120. The van der Waals surface area contributed by atoms with E-state index < -0.39 is 0 Å². The maximum Gasteiger partial charge on any atom is 0.252 e. The van der Waals surface area contributed by atoms with Crippen molar-refractivity contribution in [3.05, 3.63) is 48.7 Å². The summed E-state index contributed by atoms with van der Waals surface area (Å²) in [5.41, 5.74) is 0.680. The van der Waals surface area contributed by atoms with E-state index in [0.717, 1.165) is 25.1 Å². The van der Waals surface area contributed by atoms with Crippen molar-refractivity contribution < 1.29 is 4.79 Å². The van der Waals surface area contributed by atoms with Crippen molar-refractivity contribution in [2.45, 2.75) is 39.0 Å². The van der Waals surface area contributed by atoms with Gasteiger partial charge in [-0.15, -0.1) is 0 Å². The summed E-state index contributed by atoms with van der Waals surface area (Å²) in [6.07, 6.45) is 8.48. The number of hydrogen-bond acceptors (Lipinski definition) is 7. The van der Waals surface area contributed by atoms with Gasteiger partial charge in [-0.1, -0.05) is 20.8 Å². The molecule has 4 rings (SSSR count). The number of aromatic nitrogens is 6. The second-order valence-electron chi connectivity index (χ2n) is 8.45. The number of amides is 1. The van der Waals surface area contributed by atoms with Crippen molar-refractivity contribution in [3.8, 4) is 5.95 Å². The van der Waals surface area contributed by atoms with Gasteiger partial charge in [-0.25, -0.2) is 19.9 Å². The molecule has 1 atom stereocenters. The normalized spacial score (nSPS) is 17.0. The number of carbonyl (C=O) groups excluding carboxylic acids is 1. The minimum absolute atomic E-state index is 0.0480. The maximum atomic E-state index is 13.1. The third kappa shape index (κ3) is 4.29. The molecule has 1 N–H and O–H groups in total. The van der Waals surface area contributed by atoms with Crippen LogP contribution in [0.5, 0.6) is 0 Å². The van der Waals surface area contributed by atoms with Crippen LogP contribution in [0.3, 0.4) is 0 Å². The lowest BCUT2D eigenvalue weighted by Gasteiger charge is -2.31. The first-order chi connectivity index (χ1) is 14.4. The van der Waals surface area contributed by atoms with Crippen molar-refractivity contribution in [2.75, 3.05) is 23.3 Å². The van der Waals surface area contributed by atoms with E-state index >= 15 is 0 Å². The maximum absolute atomic E-state index is 13.1. The number of carbonyl (C=O) groups is 1. The van der Waals surface area contributed by atoms with Gasteiger partial charge in [0.25, 0.3) is 5.95 Å². The molecule has 9 heteroatoms. The Hall–Kier alpha value is -3.36. The third-order valence-electron chi connectivity index (χ3n) is 5.10. The van der Waals surface area contributed by atoms with Crippen LogP contribution in [0.2, 0.25) is 0 Å². The number of hydrogen-bond donors (Lipinski definition) is 1. The molecule has 3 aromatic rings. The van der Waals surface area contributed by atoms with Crippen molar-refractivity contribution in [1.82, 2.24) is 29.7 Å². The Bertz CT molecular complexity index is 997. The lowest BCUT2D eigenvalue weighted by Crippen LogP contribution is -2.41. The topological polar surface area (TPSA) is 102 Å². The van der Waals surface area contributed by atoms with Gasteiger partial charge in [0, 0.05) is 49.4 Å². The summed E-state index contributed by atoms with van der Waals surface area (Å²) in [4.78, 5) is 32.4. The molecule has 0 saturated carbocycles. The molecule has 0 bridgehead atoms. The number of anilines is 2. The smallest absolute Gasteiger partial charge is 0.252 e. The highest BCUT2D eigenvalue weighted by atomic mass is 16.2. The number of rotatable bonds is 4. The minimum atomic E-state index is -0.175. The van der Waals surface area contributed by atoms with Crippen LogP contribution in [-0.4, -0.2) is 48.7 Å². The highest BCUT2D eigenvalue weighted by Crippen LogP contribution is 2.27. The van der Waals surface area contributed by atoms with Gasteiger partial charge < -0.3 is 10.2 Å². The van der Waals surface area contributed by atoms with E-state index in [-0.39, 0.29) is 17.2 Å². The van der Waals surface area contributed by atoms with Gasteiger partial charge in [0.2, 0.25) is 11.9 Å². The third-order valence-corrected chi connectivity index (χ3v) is 5.10. The van der Waals surface area contributed by atoms with E-state index in [1.807, 2.05) is 6.07 Å². The van der Waals surface area contributed by atoms with E-state index in [0.29, 0.717) is 24.3 Å². The number of piperidine rings is 1. The monoisotopic (exact) mass is 406 g/mol. The summed E-state index contributed by atoms with van der Waals surface area (Å²) < 4.78 is 1.60. The molecular formula is C21H26N8O. The zero-order chi connectivity index (χ0) is 21.1. The molecule has 1 amide bonds. The Labute approximate surface area is 175 Å². The number of nitrogens with one attached hydrogen (secondary N) is 1. The summed E-state index contributed by atoms with van der Waals surface area (Å²) in [5.74, 6) is 1.44. The lowest BCUT2D eigenvalue weighted by atomic mass is 9.92. The Morgan fingerprint density at radius 2 is 1.67 bits per heavy atom. The molecular weight excluding hydrogens is 380 g/mol. The Balaban J connectivity index is 1.56. The van der Waals surface area contributed by atoms with Crippen molar-refractivity contribution in [3.63, 3.8) is 0 Å². The predicted molar refractivity (Wildman–Crippen MR) is 113 cm³/mol. The molecule has 1 fully saturated rings. The average Bonchev–Trinajstić information content (AvgIpc) is 3.19. The first-order valence-corrected chi connectivity index (χ1v) is 10.1. The van der Waals surface area contributed by atoms with Crippen molar-refractivity contribution >= 4 is 17.7 Å². The van der Waals surface area contributed by atoms with Crippen LogP contribution in [0.15, 0.2) is 43.0 Å². The highest BCUT2D eigenvalue weighted by molar-refractivity contribution is 5.92.